The van der Waals surface area contributed by atoms with Gasteiger partial charge in [0.15, 0.2) is 5.71 Å². The van der Waals surface area contributed by atoms with Gasteiger partial charge < -0.3 is 15.3 Å². The highest BCUT2D eigenvalue weighted by Crippen LogP contribution is 2.22. The number of aryl methyl sites for hydroxylation is 1. The third-order valence-electron chi connectivity index (χ3n) is 2.87. The monoisotopic (exact) mass is 293 g/mol. The van der Waals surface area contributed by atoms with E-state index in [1.165, 1.54) is 18.2 Å². The molecule has 0 aromatic heterocycles. The molecule has 0 saturated carbocycles. The summed E-state index contributed by atoms with van der Waals surface area (Å²) in [5.41, 5.74) is 0.472. The topological polar surface area (TPSA) is 131 Å². The second kappa shape index (κ2) is 5.57. The number of hydrogen-bond donors (Lipinski definition) is 2. The summed E-state index contributed by atoms with van der Waals surface area (Å²) in [5, 5.41) is 25.2. The van der Waals surface area contributed by atoms with Gasteiger partial charge in [-0.25, -0.2) is 4.79 Å². The first-order valence-corrected chi connectivity index (χ1v) is 5.90. The van der Waals surface area contributed by atoms with Crippen molar-refractivity contribution in [1.29, 1.82) is 0 Å². The van der Waals surface area contributed by atoms with Crippen molar-refractivity contribution in [2.24, 2.45) is 5.16 Å². The van der Waals surface area contributed by atoms with Gasteiger partial charge in [-0.3, -0.25) is 14.9 Å². The fourth-order valence-electron chi connectivity index (χ4n) is 1.81. The van der Waals surface area contributed by atoms with Crippen LogP contribution in [0.5, 0.6) is 0 Å². The van der Waals surface area contributed by atoms with Crippen LogP contribution >= 0.6 is 0 Å². The Bertz CT molecular complexity index is 654. The lowest BCUT2D eigenvalue weighted by molar-refractivity contribution is -0.385. The minimum Gasteiger partial charge on any atom is -0.477 e. The van der Waals surface area contributed by atoms with Crippen LogP contribution in [0.3, 0.4) is 0 Å². The number of carbonyl (C=O) groups excluding carboxylic acids is 1. The van der Waals surface area contributed by atoms with Crippen LogP contribution in [0, 0.1) is 17.0 Å². The molecule has 2 rings (SSSR count). The fourth-order valence-corrected chi connectivity index (χ4v) is 1.81. The maximum Gasteiger partial charge on any atom is 0.353 e. The van der Waals surface area contributed by atoms with Crippen molar-refractivity contribution in [2.45, 2.75) is 19.4 Å². The molecule has 1 aliphatic rings. The number of nitro groups is 1. The van der Waals surface area contributed by atoms with Crippen molar-refractivity contribution in [2.75, 3.05) is 5.32 Å². The number of hydrogen-bond acceptors (Lipinski definition) is 6. The molecule has 0 radical (unpaired) electrons. The van der Waals surface area contributed by atoms with Gasteiger partial charge in [-0.1, -0.05) is 5.16 Å². The molecule has 1 heterocycles. The molecule has 0 saturated heterocycles. The molecule has 1 aromatic carbocycles. The van der Waals surface area contributed by atoms with Crippen molar-refractivity contribution in [1.82, 2.24) is 0 Å². The van der Waals surface area contributed by atoms with E-state index in [1.807, 2.05) is 0 Å². The Balaban J connectivity index is 2.03. The molecule has 2 N–H and O–H groups in total. The predicted molar refractivity (Wildman–Crippen MR) is 71.0 cm³/mol. The van der Waals surface area contributed by atoms with Gasteiger partial charge in [0.25, 0.3) is 11.6 Å². The standard InChI is InChI=1S/C12H11N3O6/c1-6-4-7(2-3-9(6)15(19)20)13-11(16)10-5-8(12(17)18)14-21-10/h2-4,10H,5H2,1H3,(H,13,16)(H,17,18). The number of nitro benzene ring substituents is 1. The molecule has 0 spiro atoms. The minimum absolute atomic E-state index is 0.0541. The van der Waals surface area contributed by atoms with Crippen LogP contribution in [0.25, 0.3) is 0 Å². The highest BCUT2D eigenvalue weighted by atomic mass is 16.6. The molecule has 9 heteroatoms. The van der Waals surface area contributed by atoms with Crippen molar-refractivity contribution in [3.05, 3.63) is 33.9 Å². The van der Waals surface area contributed by atoms with Gasteiger partial charge in [-0.05, 0) is 19.1 Å². The first-order chi connectivity index (χ1) is 9.88. The van der Waals surface area contributed by atoms with Gasteiger partial charge in [-0.15, -0.1) is 0 Å². The smallest absolute Gasteiger partial charge is 0.353 e. The van der Waals surface area contributed by atoms with Gasteiger partial charge in [0.05, 0.1) is 4.92 Å². The van der Waals surface area contributed by atoms with E-state index in [1.54, 1.807) is 6.92 Å². The number of nitrogens with one attached hydrogen (secondary N) is 1. The molecule has 0 fully saturated rings. The van der Waals surface area contributed by atoms with E-state index in [4.69, 9.17) is 9.94 Å². The first-order valence-electron chi connectivity index (χ1n) is 5.90. The number of amides is 1. The van der Waals surface area contributed by atoms with Crippen LogP contribution in [0.4, 0.5) is 11.4 Å². The van der Waals surface area contributed by atoms with Gasteiger partial charge in [0, 0.05) is 23.7 Å². The molecular weight excluding hydrogens is 282 g/mol. The lowest BCUT2D eigenvalue weighted by Crippen LogP contribution is -2.28. The summed E-state index contributed by atoms with van der Waals surface area (Å²) in [6.45, 7) is 1.55. The number of benzene rings is 1. The molecule has 0 bridgehead atoms. The number of oxime groups is 1. The third kappa shape index (κ3) is 3.14. The number of carboxylic acid groups (broad SMARTS) is 1. The zero-order valence-electron chi connectivity index (χ0n) is 10.9. The number of nitrogens with zero attached hydrogens (tertiary/aromatic N) is 2. The lowest BCUT2D eigenvalue weighted by Gasteiger charge is -2.09. The second-order valence-corrected chi connectivity index (χ2v) is 4.39. The van der Waals surface area contributed by atoms with Gasteiger partial charge in [-0.2, -0.15) is 0 Å². The van der Waals surface area contributed by atoms with Gasteiger partial charge >= 0.3 is 5.97 Å². The molecule has 1 aromatic rings. The van der Waals surface area contributed by atoms with Crippen LogP contribution < -0.4 is 5.32 Å². The highest BCUT2D eigenvalue weighted by Gasteiger charge is 2.31. The summed E-state index contributed by atoms with van der Waals surface area (Å²) in [5.74, 6) is -1.81. The Kier molecular flexibility index (Phi) is 3.83. The maximum absolute atomic E-state index is 11.9. The predicted octanol–water partition coefficient (Wildman–Crippen LogP) is 1.07. The molecule has 1 amide bonds. The van der Waals surface area contributed by atoms with Crippen LogP contribution in [-0.4, -0.2) is 33.7 Å². The summed E-state index contributed by atoms with van der Waals surface area (Å²) in [4.78, 5) is 37.5. The van der Waals surface area contributed by atoms with Crippen molar-refractivity contribution < 1.29 is 24.5 Å². The average molecular weight is 293 g/mol. The Morgan fingerprint density at radius 1 is 1.52 bits per heavy atom. The number of aliphatic carboxylic acids is 1. The van der Waals surface area contributed by atoms with E-state index >= 15 is 0 Å². The Morgan fingerprint density at radius 2 is 2.24 bits per heavy atom. The summed E-state index contributed by atoms with van der Waals surface area (Å²) < 4.78 is 0. The quantitative estimate of drug-likeness (QED) is 0.630. The molecule has 1 aliphatic heterocycles. The molecule has 110 valence electrons. The van der Waals surface area contributed by atoms with E-state index in [9.17, 15) is 19.7 Å². The SMILES string of the molecule is Cc1cc(NC(=O)C2CC(C(=O)O)=NO2)ccc1[N+](=O)[O-]. The van der Waals surface area contributed by atoms with E-state index in [2.05, 4.69) is 10.5 Å². The van der Waals surface area contributed by atoms with Crippen molar-refractivity contribution >= 4 is 29.0 Å². The van der Waals surface area contributed by atoms with Crippen molar-refractivity contribution in [3.8, 4) is 0 Å². The number of carbonyl (C=O) groups is 2. The van der Waals surface area contributed by atoms with Crippen LogP contribution in [0.15, 0.2) is 23.4 Å². The molecular formula is C12H11N3O6. The van der Waals surface area contributed by atoms with Gasteiger partial charge in [0.1, 0.15) is 0 Å². The average Bonchev–Trinajstić information content (AvgIpc) is 2.88. The van der Waals surface area contributed by atoms with Gasteiger partial charge in [0.2, 0.25) is 6.10 Å². The maximum atomic E-state index is 11.9. The summed E-state index contributed by atoms with van der Waals surface area (Å²) in [6.07, 6.45) is -1.15. The largest absolute Gasteiger partial charge is 0.477 e. The first kappa shape index (κ1) is 14.4. The lowest BCUT2D eigenvalue weighted by atomic mass is 10.1. The summed E-state index contributed by atoms with van der Waals surface area (Å²) >= 11 is 0. The highest BCUT2D eigenvalue weighted by molar-refractivity contribution is 6.36. The minimum atomic E-state index is -1.24. The molecule has 21 heavy (non-hydrogen) atoms. The third-order valence-corrected chi connectivity index (χ3v) is 2.87. The Labute approximate surface area is 118 Å². The number of anilines is 1. The van der Waals surface area contributed by atoms with Crippen LogP contribution in [0.2, 0.25) is 0 Å². The van der Waals surface area contributed by atoms with E-state index < -0.39 is 22.9 Å². The van der Waals surface area contributed by atoms with E-state index in [0.717, 1.165) is 0 Å². The second-order valence-electron chi connectivity index (χ2n) is 4.39. The molecule has 0 aliphatic carbocycles. The molecule has 1 atom stereocenters. The Hall–Kier alpha value is -2.97. The summed E-state index contributed by atoms with van der Waals surface area (Å²) in [7, 11) is 0. The van der Waals surface area contributed by atoms with Crippen LogP contribution in [0.1, 0.15) is 12.0 Å². The van der Waals surface area contributed by atoms with Crippen molar-refractivity contribution in [3.63, 3.8) is 0 Å². The number of carboxylic acids is 1. The zero-order chi connectivity index (χ0) is 15.6. The van der Waals surface area contributed by atoms with E-state index in [-0.39, 0.29) is 17.8 Å². The molecule has 1 unspecified atom stereocenters. The van der Waals surface area contributed by atoms with E-state index in [0.29, 0.717) is 11.3 Å². The summed E-state index contributed by atoms with van der Waals surface area (Å²) in [6, 6.07) is 4.11. The zero-order valence-corrected chi connectivity index (χ0v) is 10.9. The van der Waals surface area contributed by atoms with Crippen LogP contribution in [-0.2, 0) is 14.4 Å². The Morgan fingerprint density at radius 3 is 2.76 bits per heavy atom. The molecule has 9 nitrogen and oxygen atoms in total. The number of rotatable bonds is 4. The normalized spacial score (nSPS) is 16.8. The fraction of sp³-hybridized carbons (Fsp3) is 0.250.